The Morgan fingerprint density at radius 1 is 1.33 bits per heavy atom. The third-order valence-electron chi connectivity index (χ3n) is 3.25. The van der Waals surface area contributed by atoms with Crippen LogP contribution >= 0.6 is 47.8 Å². The second kappa shape index (κ2) is 3.84. The molecular weight excluding hydrogens is 366 g/mol. The molecule has 70 valence electrons. The Morgan fingerprint density at radius 2 is 1.75 bits per heavy atom. The average Bonchev–Trinajstić information content (AvgIpc) is 2.75. The van der Waals surface area contributed by atoms with Crippen molar-refractivity contribution >= 4 is 62.8 Å². The van der Waals surface area contributed by atoms with Crippen LogP contribution in [0.25, 0.3) is 0 Å². The molecule has 4 aliphatic rings. The topological polar surface area (TPSA) is 0 Å². The minimum absolute atomic E-state index is 0.470. The molecule has 6 atom stereocenters. The van der Waals surface area contributed by atoms with Crippen molar-refractivity contribution in [3.63, 3.8) is 0 Å². The molecule has 12 heavy (non-hydrogen) atoms. The van der Waals surface area contributed by atoms with E-state index in [4.69, 9.17) is 1.37 Å². The minimum atomic E-state index is 0.470. The van der Waals surface area contributed by atoms with E-state index in [1.54, 1.807) is 0 Å². The van der Waals surface area contributed by atoms with Gasteiger partial charge in [-0.3, -0.25) is 0 Å². The number of rotatable bonds is 0. The van der Waals surface area contributed by atoms with Gasteiger partial charge in [0, 0.05) is 1.37 Å². The van der Waals surface area contributed by atoms with Gasteiger partial charge in [0.2, 0.25) is 0 Å². The van der Waals surface area contributed by atoms with Gasteiger partial charge in [-0.25, -0.2) is 0 Å². The first-order chi connectivity index (χ1) is 6.20. The quantitative estimate of drug-likeness (QED) is 0.275. The van der Waals surface area contributed by atoms with Crippen LogP contribution in [0.4, 0.5) is 0 Å². The summed E-state index contributed by atoms with van der Waals surface area (Å²) in [5, 5.41) is 1.55. The average molecular weight is 380 g/mol. The van der Waals surface area contributed by atoms with Crippen LogP contribution < -0.4 is 0 Å². The van der Waals surface area contributed by atoms with Crippen LogP contribution in [0.2, 0.25) is 9.63 Å². The normalized spacial score (nSPS) is 60.1. The van der Waals surface area contributed by atoms with E-state index in [0.29, 0.717) is 4.91 Å². The van der Waals surface area contributed by atoms with Crippen molar-refractivity contribution in [1.82, 2.24) is 0 Å². The third-order valence-corrected chi connectivity index (χ3v) is 9.58. The molecule has 2 aliphatic carbocycles. The van der Waals surface area contributed by atoms with Gasteiger partial charge in [-0.05, 0) is 4.91 Å². The summed E-state index contributed by atoms with van der Waals surface area (Å²) < 4.78 is 6.20. The van der Waals surface area contributed by atoms with E-state index in [-0.39, 0.29) is 0 Å². The molecule has 4 heteroatoms. The van der Waals surface area contributed by atoms with Crippen molar-refractivity contribution in [1.29, 1.82) is 0 Å². The number of alkyl halides is 1. The summed E-state index contributed by atoms with van der Waals surface area (Å²) in [7, 11) is 0. The van der Waals surface area contributed by atoms with Crippen molar-refractivity contribution in [2.45, 2.75) is 26.6 Å². The minimum Gasteiger partial charge on any atom is -0.0901 e. The van der Waals surface area contributed by atoms with Crippen LogP contribution in [0.5, 0.6) is 0 Å². The standard InChI is InChI=1S/C7H10S2Se.CH3I/c8-4-2-1-3-5(9)6(2)10-7(3)4;1-2/h2-9H,1H2;1H3/i;1D. The molecular formula is C8H13IS2Se. The van der Waals surface area contributed by atoms with Crippen molar-refractivity contribution in [2.75, 3.05) is 4.91 Å². The second-order valence-corrected chi connectivity index (χ2v) is 7.66. The Labute approximate surface area is 107 Å². The zero-order chi connectivity index (χ0) is 9.59. The first-order valence-electron chi connectivity index (χ1n) is 4.78. The van der Waals surface area contributed by atoms with E-state index in [9.17, 15) is 0 Å². The summed E-state index contributed by atoms with van der Waals surface area (Å²) in [4.78, 5) is 2.49. The molecule has 0 amide bonds. The molecule has 0 radical (unpaired) electrons. The Balaban J connectivity index is 0.000000196. The predicted octanol–water partition coefficient (Wildman–Crippen LogP) is 2.58. The van der Waals surface area contributed by atoms with Crippen molar-refractivity contribution in [2.24, 2.45) is 11.8 Å². The third kappa shape index (κ3) is 1.24. The number of halogens is 1. The van der Waals surface area contributed by atoms with Crippen molar-refractivity contribution < 1.29 is 1.37 Å². The van der Waals surface area contributed by atoms with Crippen LogP contribution in [0, 0.1) is 11.8 Å². The molecule has 0 N–H and O–H groups in total. The summed E-state index contributed by atoms with van der Waals surface area (Å²) in [5.41, 5.74) is 0. The molecule has 4 fully saturated rings. The van der Waals surface area contributed by atoms with Crippen LogP contribution in [0.1, 0.15) is 7.79 Å². The smallest absolute Gasteiger partial charge is 0.0341 e. The summed E-state index contributed by atoms with van der Waals surface area (Å²) in [5.74, 6) is 1.95. The zero-order valence-electron chi connectivity index (χ0n) is 7.56. The molecule has 0 nitrogen and oxygen atoms in total. The zero-order valence-corrected chi connectivity index (χ0v) is 12.2. The van der Waals surface area contributed by atoms with Gasteiger partial charge in [0.1, 0.15) is 0 Å². The van der Waals surface area contributed by atoms with Crippen LogP contribution in [-0.2, 0) is 0 Å². The van der Waals surface area contributed by atoms with Gasteiger partial charge in [-0.2, -0.15) is 0 Å². The van der Waals surface area contributed by atoms with Gasteiger partial charge in [-0.15, -0.1) is 0 Å². The maximum atomic E-state index is 6.20. The number of thiol groups is 2. The van der Waals surface area contributed by atoms with Gasteiger partial charge in [0.05, 0.1) is 0 Å². The van der Waals surface area contributed by atoms with Crippen molar-refractivity contribution in [3.05, 3.63) is 0 Å². The molecule has 2 aliphatic heterocycles. The fourth-order valence-electron chi connectivity index (χ4n) is 2.79. The van der Waals surface area contributed by atoms with E-state index < -0.39 is 0 Å². The molecule has 0 spiro atoms. The summed E-state index contributed by atoms with van der Waals surface area (Å²) in [6, 6.07) is 0. The Morgan fingerprint density at radius 3 is 1.92 bits per heavy atom. The van der Waals surface area contributed by atoms with E-state index in [0.717, 1.165) is 46.9 Å². The Kier molecular flexibility index (Phi) is 2.94. The monoisotopic (exact) mass is 381 g/mol. The number of hydrogen-bond acceptors (Lipinski definition) is 2. The van der Waals surface area contributed by atoms with Gasteiger partial charge in [0.15, 0.2) is 0 Å². The molecule has 0 aromatic carbocycles. The first kappa shape index (κ1) is 9.20. The number of hydrogen-bond donors (Lipinski definition) is 2. The van der Waals surface area contributed by atoms with E-state index >= 15 is 0 Å². The van der Waals surface area contributed by atoms with Crippen molar-refractivity contribution in [3.8, 4) is 0 Å². The maximum Gasteiger partial charge on any atom is 0.0341 e. The van der Waals surface area contributed by atoms with Crippen LogP contribution in [-0.4, -0.2) is 30.4 Å². The predicted molar refractivity (Wildman–Crippen MR) is 70.3 cm³/mol. The summed E-state index contributed by atoms with van der Waals surface area (Å²) >= 11 is 12.2. The second-order valence-electron chi connectivity index (χ2n) is 3.61. The largest absolute Gasteiger partial charge is 0.0901 e. The van der Waals surface area contributed by atoms with E-state index in [1.165, 1.54) is 6.42 Å². The molecule has 4 bridgehead atoms. The van der Waals surface area contributed by atoms with E-state index in [2.05, 4.69) is 25.3 Å². The molecule has 0 aromatic rings. The van der Waals surface area contributed by atoms with Gasteiger partial charge < -0.3 is 0 Å². The molecule has 2 heterocycles. The Hall–Kier alpha value is 1.95. The first-order valence-corrected chi connectivity index (χ1v) is 8.61. The van der Waals surface area contributed by atoms with Gasteiger partial charge >= 0.3 is 78.6 Å². The molecule has 2 saturated carbocycles. The molecule has 6 unspecified atom stereocenters. The van der Waals surface area contributed by atoms with Gasteiger partial charge in [-0.1, -0.05) is 22.6 Å². The molecule has 2 saturated heterocycles. The van der Waals surface area contributed by atoms with Crippen LogP contribution in [0.15, 0.2) is 0 Å². The van der Waals surface area contributed by atoms with Gasteiger partial charge in [0.25, 0.3) is 0 Å². The Bertz CT molecular complexity index is 171. The molecule has 0 aromatic heterocycles. The fraction of sp³-hybridized carbons (Fsp3) is 1.00. The molecule has 4 rings (SSSR count). The van der Waals surface area contributed by atoms with E-state index in [1.807, 2.05) is 22.6 Å². The fourth-order valence-corrected chi connectivity index (χ4v) is 9.41. The summed E-state index contributed by atoms with van der Waals surface area (Å²) in [6.45, 7) is 0. The maximum absolute atomic E-state index is 6.20. The summed E-state index contributed by atoms with van der Waals surface area (Å²) in [6.07, 6.45) is 1.46. The SMILES string of the molecule is SC1C2CC3C(S)C2[Se]C13.[2H]CI. The van der Waals surface area contributed by atoms with Crippen LogP contribution in [0.3, 0.4) is 0 Å².